The van der Waals surface area contributed by atoms with Crippen LogP contribution in [0.3, 0.4) is 0 Å². The molecule has 4 heteroatoms. The molecule has 1 unspecified atom stereocenters. The molecule has 2 nitrogen and oxygen atoms in total. The lowest BCUT2D eigenvalue weighted by atomic mass is 9.90. The zero-order chi connectivity index (χ0) is 11.6. The van der Waals surface area contributed by atoms with E-state index in [1.165, 1.54) is 0 Å². The van der Waals surface area contributed by atoms with Gasteiger partial charge in [-0.2, -0.15) is 0 Å². The average Bonchev–Trinajstić information content (AvgIpc) is 2.44. The van der Waals surface area contributed by atoms with E-state index in [9.17, 15) is 9.18 Å². The zero-order valence-electron chi connectivity index (χ0n) is 8.80. The molecule has 86 valence electrons. The van der Waals surface area contributed by atoms with Crippen LogP contribution in [0.1, 0.15) is 24.8 Å². The molecule has 1 saturated heterocycles. The fraction of sp³-hybridized carbons (Fsp3) is 0.417. The molecule has 2 rings (SSSR count). The van der Waals surface area contributed by atoms with Gasteiger partial charge in [0.2, 0.25) is 5.67 Å². The van der Waals surface area contributed by atoms with E-state index in [2.05, 4.69) is 5.32 Å². The molecule has 0 spiro atoms. The predicted octanol–water partition coefficient (Wildman–Crippen LogP) is 2.80. The minimum absolute atomic E-state index is 0.237. The summed E-state index contributed by atoms with van der Waals surface area (Å²) in [5.74, 6) is -0.535. The molecule has 1 amide bonds. The van der Waals surface area contributed by atoms with Crippen LogP contribution < -0.4 is 5.32 Å². The van der Waals surface area contributed by atoms with E-state index < -0.39 is 11.6 Å². The maximum absolute atomic E-state index is 14.6. The standard InChI is InChI=1S/C12H13ClFNO/c13-10-5-3-9(4-6-10)12(14)7-1-2-8-15-11(12)16/h3-6H,1-2,7-8H2,(H,15,16). The van der Waals surface area contributed by atoms with Crippen molar-refractivity contribution in [2.24, 2.45) is 0 Å². The first-order valence-corrected chi connectivity index (χ1v) is 5.74. The van der Waals surface area contributed by atoms with E-state index in [4.69, 9.17) is 11.6 Å². The minimum Gasteiger partial charge on any atom is -0.353 e. The summed E-state index contributed by atoms with van der Waals surface area (Å²) in [7, 11) is 0. The molecule has 16 heavy (non-hydrogen) atoms. The zero-order valence-corrected chi connectivity index (χ0v) is 9.56. The van der Waals surface area contributed by atoms with Crippen LogP contribution in [-0.4, -0.2) is 12.5 Å². The Morgan fingerprint density at radius 2 is 1.94 bits per heavy atom. The second kappa shape index (κ2) is 4.42. The van der Waals surface area contributed by atoms with Gasteiger partial charge in [0.1, 0.15) is 0 Å². The molecule has 0 aromatic heterocycles. The third-order valence-corrected chi connectivity index (χ3v) is 3.15. The SMILES string of the molecule is O=C1NCCCCC1(F)c1ccc(Cl)cc1. The first-order chi connectivity index (χ1) is 7.63. The lowest BCUT2D eigenvalue weighted by Gasteiger charge is -2.22. The van der Waals surface area contributed by atoms with E-state index in [0.29, 0.717) is 23.6 Å². The molecular formula is C12H13ClFNO. The van der Waals surface area contributed by atoms with Crippen LogP contribution in [0.25, 0.3) is 0 Å². The van der Waals surface area contributed by atoms with Crippen molar-refractivity contribution in [1.29, 1.82) is 0 Å². The highest BCUT2D eigenvalue weighted by molar-refractivity contribution is 6.30. The molecule has 1 aliphatic heterocycles. The summed E-state index contributed by atoms with van der Waals surface area (Å²) in [5.41, 5.74) is -1.52. The Morgan fingerprint density at radius 1 is 1.25 bits per heavy atom. The summed E-state index contributed by atoms with van der Waals surface area (Å²) >= 11 is 5.74. The number of nitrogens with one attached hydrogen (secondary N) is 1. The van der Waals surface area contributed by atoms with Gasteiger partial charge in [-0.25, -0.2) is 4.39 Å². The number of carbonyl (C=O) groups is 1. The van der Waals surface area contributed by atoms with Gasteiger partial charge in [-0.15, -0.1) is 0 Å². The number of halogens is 2. The van der Waals surface area contributed by atoms with Crippen LogP contribution in [0, 0.1) is 0 Å². The van der Waals surface area contributed by atoms with Crippen molar-refractivity contribution in [2.75, 3.05) is 6.54 Å². The van der Waals surface area contributed by atoms with Crippen LogP contribution in [0.15, 0.2) is 24.3 Å². The molecule has 1 aromatic carbocycles. The number of alkyl halides is 1. The minimum atomic E-state index is -1.90. The van der Waals surface area contributed by atoms with Crippen molar-refractivity contribution >= 4 is 17.5 Å². The summed E-state index contributed by atoms with van der Waals surface area (Å²) in [5, 5.41) is 3.14. The molecule has 0 radical (unpaired) electrons. The smallest absolute Gasteiger partial charge is 0.262 e. The maximum Gasteiger partial charge on any atom is 0.262 e. The molecule has 0 aliphatic carbocycles. The lowest BCUT2D eigenvalue weighted by Crippen LogP contribution is -2.39. The number of hydrogen-bond donors (Lipinski definition) is 1. The van der Waals surface area contributed by atoms with Crippen LogP contribution in [-0.2, 0) is 10.5 Å². The Morgan fingerprint density at radius 3 is 2.62 bits per heavy atom. The first-order valence-electron chi connectivity index (χ1n) is 5.36. The molecule has 1 N–H and O–H groups in total. The lowest BCUT2D eigenvalue weighted by molar-refractivity contribution is -0.133. The van der Waals surface area contributed by atoms with Crippen molar-refractivity contribution in [3.63, 3.8) is 0 Å². The van der Waals surface area contributed by atoms with E-state index >= 15 is 0 Å². The van der Waals surface area contributed by atoms with E-state index in [-0.39, 0.29) is 6.42 Å². The number of amides is 1. The van der Waals surface area contributed by atoms with Crippen molar-refractivity contribution in [2.45, 2.75) is 24.9 Å². The maximum atomic E-state index is 14.6. The van der Waals surface area contributed by atoms with Crippen molar-refractivity contribution in [3.8, 4) is 0 Å². The van der Waals surface area contributed by atoms with Gasteiger partial charge in [-0.3, -0.25) is 4.79 Å². The number of carbonyl (C=O) groups excluding carboxylic acids is 1. The molecule has 1 aromatic rings. The Kier molecular flexibility index (Phi) is 3.15. The average molecular weight is 242 g/mol. The molecule has 1 aliphatic rings. The third kappa shape index (κ3) is 2.05. The van der Waals surface area contributed by atoms with Crippen LogP contribution in [0.2, 0.25) is 5.02 Å². The Labute approximate surface area is 98.8 Å². The summed E-state index contributed by atoms with van der Waals surface area (Å²) < 4.78 is 14.6. The van der Waals surface area contributed by atoms with E-state index in [1.54, 1.807) is 24.3 Å². The molecule has 1 fully saturated rings. The normalized spacial score (nSPS) is 26.0. The Bertz CT molecular complexity index is 393. The number of hydrogen-bond acceptors (Lipinski definition) is 1. The van der Waals surface area contributed by atoms with Crippen LogP contribution in [0.4, 0.5) is 4.39 Å². The van der Waals surface area contributed by atoms with Gasteiger partial charge in [-0.05, 0) is 37.0 Å². The van der Waals surface area contributed by atoms with Crippen LogP contribution in [0.5, 0.6) is 0 Å². The van der Waals surface area contributed by atoms with Crippen LogP contribution >= 0.6 is 11.6 Å². The molecule has 1 heterocycles. The summed E-state index contributed by atoms with van der Waals surface area (Å²) in [4.78, 5) is 11.7. The van der Waals surface area contributed by atoms with Crippen molar-refractivity contribution < 1.29 is 9.18 Å². The van der Waals surface area contributed by atoms with Crippen molar-refractivity contribution in [1.82, 2.24) is 5.32 Å². The van der Waals surface area contributed by atoms with Gasteiger partial charge < -0.3 is 5.32 Å². The third-order valence-electron chi connectivity index (χ3n) is 2.90. The van der Waals surface area contributed by atoms with Gasteiger partial charge >= 0.3 is 0 Å². The second-order valence-corrected chi connectivity index (χ2v) is 4.46. The van der Waals surface area contributed by atoms with Gasteiger partial charge in [0.25, 0.3) is 5.91 Å². The van der Waals surface area contributed by atoms with Gasteiger partial charge in [0, 0.05) is 11.6 Å². The quantitative estimate of drug-likeness (QED) is 0.805. The molecule has 0 bridgehead atoms. The fourth-order valence-corrected chi connectivity index (χ4v) is 2.06. The molecular weight excluding hydrogens is 229 g/mol. The summed E-state index contributed by atoms with van der Waals surface area (Å²) in [6.45, 7) is 0.554. The number of rotatable bonds is 1. The first kappa shape index (κ1) is 11.4. The Hall–Kier alpha value is -1.09. The van der Waals surface area contributed by atoms with Gasteiger partial charge in [0.15, 0.2) is 0 Å². The molecule has 1 atom stereocenters. The highest BCUT2D eigenvalue weighted by Gasteiger charge is 2.40. The fourth-order valence-electron chi connectivity index (χ4n) is 1.94. The summed E-state index contributed by atoms with van der Waals surface area (Å²) in [6, 6.07) is 6.37. The monoisotopic (exact) mass is 241 g/mol. The van der Waals surface area contributed by atoms with Gasteiger partial charge in [-0.1, -0.05) is 23.7 Å². The summed E-state index contributed by atoms with van der Waals surface area (Å²) in [6.07, 6.45) is 1.77. The second-order valence-electron chi connectivity index (χ2n) is 4.02. The van der Waals surface area contributed by atoms with Crippen molar-refractivity contribution in [3.05, 3.63) is 34.9 Å². The van der Waals surface area contributed by atoms with Gasteiger partial charge in [0.05, 0.1) is 0 Å². The Balaban J connectivity index is 2.34. The van der Waals surface area contributed by atoms with E-state index in [0.717, 1.165) is 6.42 Å². The molecule has 0 saturated carbocycles. The van der Waals surface area contributed by atoms with E-state index in [1.807, 2.05) is 0 Å². The topological polar surface area (TPSA) is 29.1 Å². The highest BCUT2D eigenvalue weighted by atomic mass is 35.5. The number of benzene rings is 1. The predicted molar refractivity (Wildman–Crippen MR) is 61.1 cm³/mol. The largest absolute Gasteiger partial charge is 0.353 e. The highest BCUT2D eigenvalue weighted by Crippen LogP contribution is 2.34.